The van der Waals surface area contributed by atoms with Crippen LogP contribution in [0, 0.1) is 0 Å². The summed E-state index contributed by atoms with van der Waals surface area (Å²) in [5.74, 6) is 1.14. The molecule has 2 aromatic carbocycles. The molecule has 0 unspecified atom stereocenters. The Kier molecular flexibility index (Phi) is 2.36. The molecule has 0 spiro atoms. The number of benzene rings is 2. The average molecular weight is 226 g/mol. The summed E-state index contributed by atoms with van der Waals surface area (Å²) < 4.78 is 5.42. The zero-order valence-corrected chi connectivity index (χ0v) is 9.82. The summed E-state index contributed by atoms with van der Waals surface area (Å²) in [5, 5.41) is 2.07. The van der Waals surface area contributed by atoms with Crippen molar-refractivity contribution in [3.05, 3.63) is 41.5 Å². The van der Waals surface area contributed by atoms with E-state index in [1.54, 1.807) is 7.11 Å². The molecule has 0 heterocycles. The number of hydrogen-bond donors (Lipinski definition) is 0. The van der Waals surface area contributed by atoms with Gasteiger partial charge in [0.1, 0.15) is 5.75 Å². The monoisotopic (exact) mass is 226 g/mol. The van der Waals surface area contributed by atoms with E-state index in [9.17, 15) is 4.79 Å². The van der Waals surface area contributed by atoms with Crippen LogP contribution in [0.2, 0.25) is 0 Å². The molecule has 0 fully saturated rings. The Labute approximate surface area is 100 Å². The SMILES string of the molecule is COc1cc2c(c3ccccc13)C(=O)CCC2. The van der Waals surface area contributed by atoms with E-state index in [2.05, 4.69) is 0 Å². The van der Waals surface area contributed by atoms with Gasteiger partial charge >= 0.3 is 0 Å². The van der Waals surface area contributed by atoms with Gasteiger partial charge in [-0.2, -0.15) is 0 Å². The molecule has 0 atom stereocenters. The summed E-state index contributed by atoms with van der Waals surface area (Å²) in [6.45, 7) is 0. The van der Waals surface area contributed by atoms with Crippen LogP contribution in [0.3, 0.4) is 0 Å². The lowest BCUT2D eigenvalue weighted by Crippen LogP contribution is -2.11. The number of hydrogen-bond acceptors (Lipinski definition) is 2. The van der Waals surface area contributed by atoms with E-state index >= 15 is 0 Å². The van der Waals surface area contributed by atoms with Gasteiger partial charge in [0.2, 0.25) is 0 Å². The Hall–Kier alpha value is -1.83. The minimum Gasteiger partial charge on any atom is -0.496 e. The molecule has 0 radical (unpaired) electrons. The lowest BCUT2D eigenvalue weighted by Gasteiger charge is -2.18. The molecule has 0 N–H and O–H groups in total. The van der Waals surface area contributed by atoms with E-state index in [0.717, 1.165) is 40.5 Å². The Morgan fingerprint density at radius 2 is 1.88 bits per heavy atom. The number of aryl methyl sites for hydroxylation is 1. The molecule has 2 nitrogen and oxygen atoms in total. The van der Waals surface area contributed by atoms with E-state index < -0.39 is 0 Å². The van der Waals surface area contributed by atoms with Gasteiger partial charge in [0.25, 0.3) is 0 Å². The Balaban J connectivity index is 2.41. The molecule has 0 aromatic heterocycles. The Morgan fingerprint density at radius 1 is 1.12 bits per heavy atom. The van der Waals surface area contributed by atoms with E-state index in [-0.39, 0.29) is 5.78 Å². The van der Waals surface area contributed by atoms with Gasteiger partial charge in [0.05, 0.1) is 7.11 Å². The first-order valence-electron chi connectivity index (χ1n) is 5.93. The topological polar surface area (TPSA) is 26.3 Å². The van der Waals surface area contributed by atoms with Crippen LogP contribution in [-0.4, -0.2) is 12.9 Å². The number of carbonyl (C=O) groups excluding carboxylic acids is 1. The van der Waals surface area contributed by atoms with E-state index in [4.69, 9.17) is 4.74 Å². The molecule has 0 bridgehead atoms. The summed E-state index contributed by atoms with van der Waals surface area (Å²) in [5.41, 5.74) is 2.05. The Bertz CT molecular complexity index is 599. The van der Waals surface area contributed by atoms with Crippen LogP contribution in [0.5, 0.6) is 5.75 Å². The van der Waals surface area contributed by atoms with Gasteiger partial charge in [-0.25, -0.2) is 0 Å². The summed E-state index contributed by atoms with van der Waals surface area (Å²) >= 11 is 0. The predicted octanol–water partition coefficient (Wildman–Crippen LogP) is 3.37. The highest BCUT2D eigenvalue weighted by Gasteiger charge is 2.21. The van der Waals surface area contributed by atoms with Crippen LogP contribution in [0.15, 0.2) is 30.3 Å². The molecule has 86 valence electrons. The largest absolute Gasteiger partial charge is 0.496 e. The number of methoxy groups -OCH3 is 1. The van der Waals surface area contributed by atoms with Crippen molar-refractivity contribution in [2.24, 2.45) is 0 Å². The molecule has 1 aliphatic carbocycles. The van der Waals surface area contributed by atoms with Crippen molar-refractivity contribution >= 4 is 16.6 Å². The highest BCUT2D eigenvalue weighted by atomic mass is 16.5. The predicted molar refractivity (Wildman–Crippen MR) is 67.8 cm³/mol. The van der Waals surface area contributed by atoms with Crippen molar-refractivity contribution in [2.75, 3.05) is 7.11 Å². The summed E-state index contributed by atoms with van der Waals surface area (Å²) in [6.07, 6.45) is 2.60. The molecule has 1 aliphatic rings. The molecule has 2 heteroatoms. The van der Waals surface area contributed by atoms with E-state index in [1.807, 2.05) is 30.3 Å². The maximum atomic E-state index is 12.1. The second kappa shape index (κ2) is 3.88. The van der Waals surface area contributed by atoms with Gasteiger partial charge in [0, 0.05) is 17.4 Å². The van der Waals surface area contributed by atoms with Crippen molar-refractivity contribution in [3.63, 3.8) is 0 Å². The number of ether oxygens (including phenoxy) is 1. The van der Waals surface area contributed by atoms with Gasteiger partial charge in [-0.1, -0.05) is 24.3 Å². The normalized spacial score (nSPS) is 14.8. The number of carbonyl (C=O) groups is 1. The number of ketones is 1. The summed E-state index contributed by atoms with van der Waals surface area (Å²) in [4.78, 5) is 12.1. The molecule has 0 saturated heterocycles. The van der Waals surface area contributed by atoms with Crippen LogP contribution in [0.4, 0.5) is 0 Å². The van der Waals surface area contributed by atoms with Crippen molar-refractivity contribution in [1.82, 2.24) is 0 Å². The third-order valence-electron chi connectivity index (χ3n) is 3.44. The highest BCUT2D eigenvalue weighted by molar-refractivity contribution is 6.11. The number of rotatable bonds is 1. The van der Waals surface area contributed by atoms with Gasteiger partial charge in [-0.05, 0) is 29.9 Å². The van der Waals surface area contributed by atoms with E-state index in [0.29, 0.717) is 6.42 Å². The standard InChI is InChI=1S/C15H14O2/c1-17-14-9-10-5-4-8-13(16)15(10)12-7-3-2-6-11(12)14/h2-3,6-7,9H,4-5,8H2,1H3. The highest BCUT2D eigenvalue weighted by Crippen LogP contribution is 2.35. The molecule has 2 aromatic rings. The molecule has 0 saturated carbocycles. The fourth-order valence-electron chi connectivity index (χ4n) is 2.66. The third kappa shape index (κ3) is 1.52. The second-order valence-corrected chi connectivity index (χ2v) is 4.44. The minimum atomic E-state index is 0.269. The zero-order valence-electron chi connectivity index (χ0n) is 9.82. The first-order valence-corrected chi connectivity index (χ1v) is 5.93. The van der Waals surface area contributed by atoms with Crippen molar-refractivity contribution in [1.29, 1.82) is 0 Å². The first-order chi connectivity index (χ1) is 8.31. The molecule has 0 aliphatic heterocycles. The van der Waals surface area contributed by atoms with Crippen LogP contribution in [-0.2, 0) is 6.42 Å². The van der Waals surface area contributed by atoms with Gasteiger partial charge in [-0.15, -0.1) is 0 Å². The minimum absolute atomic E-state index is 0.269. The van der Waals surface area contributed by atoms with Crippen LogP contribution < -0.4 is 4.74 Å². The molecule has 17 heavy (non-hydrogen) atoms. The smallest absolute Gasteiger partial charge is 0.163 e. The fraction of sp³-hybridized carbons (Fsp3) is 0.267. The van der Waals surface area contributed by atoms with Gasteiger partial charge in [0.15, 0.2) is 5.78 Å². The van der Waals surface area contributed by atoms with Crippen molar-refractivity contribution in [3.8, 4) is 5.75 Å². The van der Waals surface area contributed by atoms with Crippen LogP contribution in [0.25, 0.3) is 10.8 Å². The maximum Gasteiger partial charge on any atom is 0.163 e. The van der Waals surface area contributed by atoms with Crippen molar-refractivity contribution < 1.29 is 9.53 Å². The lowest BCUT2D eigenvalue weighted by atomic mass is 9.86. The Morgan fingerprint density at radius 3 is 2.65 bits per heavy atom. The average Bonchev–Trinajstić information content (AvgIpc) is 2.37. The molecular formula is C15H14O2. The second-order valence-electron chi connectivity index (χ2n) is 4.44. The number of fused-ring (bicyclic) bond motifs is 3. The molecule has 3 rings (SSSR count). The lowest BCUT2D eigenvalue weighted by molar-refractivity contribution is 0.0974. The van der Waals surface area contributed by atoms with Crippen LogP contribution in [0.1, 0.15) is 28.8 Å². The first kappa shape index (κ1) is 10.3. The van der Waals surface area contributed by atoms with E-state index in [1.165, 1.54) is 0 Å². The van der Waals surface area contributed by atoms with Gasteiger partial charge < -0.3 is 4.74 Å². The summed E-state index contributed by atoms with van der Waals surface area (Å²) in [7, 11) is 1.68. The zero-order chi connectivity index (χ0) is 11.8. The third-order valence-corrected chi connectivity index (χ3v) is 3.44. The summed E-state index contributed by atoms with van der Waals surface area (Å²) in [6, 6.07) is 10.00. The fourth-order valence-corrected chi connectivity index (χ4v) is 2.66. The van der Waals surface area contributed by atoms with Crippen LogP contribution >= 0.6 is 0 Å². The molecule has 0 amide bonds. The quantitative estimate of drug-likeness (QED) is 0.745. The molecular weight excluding hydrogens is 212 g/mol. The maximum absolute atomic E-state index is 12.1. The van der Waals surface area contributed by atoms with Crippen molar-refractivity contribution in [2.45, 2.75) is 19.3 Å². The van der Waals surface area contributed by atoms with Gasteiger partial charge in [-0.3, -0.25) is 4.79 Å². The number of Topliss-reactive ketones (excluding diaryl/α,β-unsaturated/α-hetero) is 1.